The fraction of sp³-hybridized carbons (Fsp3) is 0.122. The Balaban J connectivity index is 1.30. The molecule has 6 aromatic carbocycles. The maximum atomic E-state index is 5.31. The molecule has 0 bridgehead atoms. The largest absolute Gasteiger partial charge is 0.252 e. The molecule has 0 fully saturated rings. The highest BCUT2D eigenvalue weighted by Crippen LogP contribution is 2.39. The van der Waals surface area contributed by atoms with E-state index in [9.17, 15) is 0 Å². The van der Waals surface area contributed by atoms with Crippen LogP contribution in [0.15, 0.2) is 122 Å². The lowest BCUT2D eigenvalue weighted by atomic mass is 9.91. The number of allylic oxidation sites excluding steroid dienone is 1. The second-order valence-electron chi connectivity index (χ2n) is 12.1. The molecule has 2 heterocycles. The first-order chi connectivity index (χ1) is 21.5. The second-order valence-corrected chi connectivity index (χ2v) is 13.2. The van der Waals surface area contributed by atoms with E-state index in [0.717, 1.165) is 33.1 Å². The van der Waals surface area contributed by atoms with Gasteiger partial charge in [-0.2, -0.15) is 0 Å². The Labute approximate surface area is 261 Å². The predicted molar refractivity (Wildman–Crippen MR) is 191 cm³/mol. The maximum Gasteiger partial charge on any atom is 0.0979 e. The van der Waals surface area contributed by atoms with Gasteiger partial charge in [-0.25, -0.2) is 4.98 Å². The number of thiophene rings is 1. The zero-order valence-electron chi connectivity index (χ0n) is 25.1. The van der Waals surface area contributed by atoms with E-state index in [0.29, 0.717) is 5.92 Å². The van der Waals surface area contributed by atoms with Crippen LogP contribution in [-0.2, 0) is 0 Å². The quantitative estimate of drug-likeness (QED) is 0.149. The van der Waals surface area contributed by atoms with Gasteiger partial charge in [0.2, 0.25) is 0 Å². The van der Waals surface area contributed by atoms with Crippen LogP contribution in [0.25, 0.3) is 75.1 Å². The molecule has 0 spiro atoms. The molecule has 1 atom stereocenters. The van der Waals surface area contributed by atoms with Crippen LogP contribution in [0, 0.1) is 0 Å². The summed E-state index contributed by atoms with van der Waals surface area (Å²) < 4.78 is 2.64. The average Bonchev–Trinajstić information content (AvgIpc) is 3.45. The van der Waals surface area contributed by atoms with Crippen LogP contribution < -0.4 is 0 Å². The van der Waals surface area contributed by atoms with Crippen LogP contribution in [-0.4, -0.2) is 9.97 Å². The van der Waals surface area contributed by atoms with E-state index in [-0.39, 0.29) is 5.92 Å². The number of fused-ring (bicyclic) bond motifs is 9. The van der Waals surface area contributed by atoms with E-state index in [1.54, 1.807) is 0 Å². The molecule has 0 aliphatic heterocycles. The number of hydrogen-bond donors (Lipinski definition) is 0. The van der Waals surface area contributed by atoms with Gasteiger partial charge < -0.3 is 0 Å². The zero-order chi connectivity index (χ0) is 29.9. The Bertz CT molecular complexity index is 2410. The van der Waals surface area contributed by atoms with Gasteiger partial charge in [-0.3, -0.25) is 4.98 Å². The van der Waals surface area contributed by atoms with Crippen molar-refractivity contribution in [3.63, 3.8) is 0 Å². The monoisotopic (exact) mass is 584 g/mol. The number of nitrogens with zero attached hydrogens (tertiary/aromatic N) is 2. The number of aromatic nitrogens is 2. The van der Waals surface area contributed by atoms with Crippen molar-refractivity contribution in [3.8, 4) is 22.4 Å². The first kappa shape index (κ1) is 26.7. The van der Waals surface area contributed by atoms with Crippen molar-refractivity contribution >= 4 is 64.1 Å². The highest BCUT2D eigenvalue weighted by molar-refractivity contribution is 7.25. The Morgan fingerprint density at radius 2 is 1.30 bits per heavy atom. The Hall–Kier alpha value is -4.86. The van der Waals surface area contributed by atoms with Crippen LogP contribution in [0.2, 0.25) is 0 Å². The van der Waals surface area contributed by atoms with Gasteiger partial charge in [0.1, 0.15) is 0 Å². The van der Waals surface area contributed by atoms with E-state index < -0.39 is 0 Å². The lowest BCUT2D eigenvalue weighted by molar-refractivity contribution is 0.869. The topological polar surface area (TPSA) is 25.8 Å². The zero-order valence-corrected chi connectivity index (χ0v) is 26.0. The van der Waals surface area contributed by atoms with Crippen molar-refractivity contribution in [3.05, 3.63) is 133 Å². The van der Waals surface area contributed by atoms with Crippen molar-refractivity contribution in [2.45, 2.75) is 32.6 Å². The molecule has 44 heavy (non-hydrogen) atoms. The molecular formula is C41H32N2S. The van der Waals surface area contributed by atoms with Crippen molar-refractivity contribution in [2.24, 2.45) is 0 Å². The minimum absolute atomic E-state index is 0.276. The molecule has 8 rings (SSSR count). The first-order valence-electron chi connectivity index (χ1n) is 15.3. The SMILES string of the molecule is C=CC(C)c1ccc2c(c1)c1cc(C(C)C)ccc1c1nc(-c3cccc(-c4ccc5sc6ccccc6c5c4)c3)cnc21. The summed E-state index contributed by atoms with van der Waals surface area (Å²) in [5, 5.41) is 7.36. The highest BCUT2D eigenvalue weighted by atomic mass is 32.1. The summed E-state index contributed by atoms with van der Waals surface area (Å²) in [7, 11) is 0. The predicted octanol–water partition coefficient (Wildman–Crippen LogP) is 12.1. The fourth-order valence-corrected chi connectivity index (χ4v) is 7.52. The molecule has 3 heteroatoms. The standard InChI is InChI=1S/C41H32N2S/c1-5-25(4)27-14-17-32-35(21-27)34-20-26(24(2)3)13-16-33(34)41-40(32)42-23-37(43-41)30-10-8-9-28(19-30)29-15-18-39-36(22-29)31-11-6-7-12-38(31)44-39/h5-25H,1H2,2-4H3. The van der Waals surface area contributed by atoms with Gasteiger partial charge in [0.25, 0.3) is 0 Å². The fourth-order valence-electron chi connectivity index (χ4n) is 6.44. The molecule has 0 saturated carbocycles. The molecule has 2 aromatic heterocycles. The van der Waals surface area contributed by atoms with Gasteiger partial charge in [-0.15, -0.1) is 17.9 Å². The van der Waals surface area contributed by atoms with E-state index in [4.69, 9.17) is 9.97 Å². The normalized spacial score (nSPS) is 12.6. The number of rotatable bonds is 5. The van der Waals surface area contributed by atoms with Crippen molar-refractivity contribution in [2.75, 3.05) is 0 Å². The molecule has 0 amide bonds. The third-order valence-corrected chi connectivity index (χ3v) is 10.2. The van der Waals surface area contributed by atoms with Crippen LogP contribution in [0.5, 0.6) is 0 Å². The van der Waals surface area contributed by atoms with Gasteiger partial charge >= 0.3 is 0 Å². The molecule has 0 aliphatic carbocycles. The molecule has 0 N–H and O–H groups in total. The van der Waals surface area contributed by atoms with Crippen LogP contribution in [0.1, 0.15) is 43.7 Å². The summed E-state index contributed by atoms with van der Waals surface area (Å²) in [6.07, 6.45) is 3.94. The number of benzene rings is 6. The molecule has 212 valence electrons. The lowest BCUT2D eigenvalue weighted by Gasteiger charge is -2.15. The van der Waals surface area contributed by atoms with Gasteiger partial charge in [-0.05, 0) is 75.2 Å². The maximum absolute atomic E-state index is 5.31. The molecule has 8 aromatic rings. The summed E-state index contributed by atoms with van der Waals surface area (Å²) in [6, 6.07) is 37.7. The number of hydrogen-bond acceptors (Lipinski definition) is 3. The third-order valence-electron chi connectivity index (χ3n) is 9.07. The Kier molecular flexibility index (Phi) is 6.32. The van der Waals surface area contributed by atoms with Gasteiger partial charge in [0.15, 0.2) is 0 Å². The van der Waals surface area contributed by atoms with Crippen molar-refractivity contribution in [1.29, 1.82) is 0 Å². The molecule has 0 radical (unpaired) electrons. The van der Waals surface area contributed by atoms with Crippen molar-refractivity contribution in [1.82, 2.24) is 9.97 Å². The van der Waals surface area contributed by atoms with E-state index in [2.05, 4.69) is 130 Å². The Morgan fingerprint density at radius 3 is 2.11 bits per heavy atom. The van der Waals surface area contributed by atoms with E-state index >= 15 is 0 Å². The van der Waals surface area contributed by atoms with Gasteiger partial charge in [0, 0.05) is 36.5 Å². The van der Waals surface area contributed by atoms with Crippen molar-refractivity contribution < 1.29 is 0 Å². The van der Waals surface area contributed by atoms with E-state index in [1.165, 1.54) is 53.2 Å². The van der Waals surface area contributed by atoms with Gasteiger partial charge in [-0.1, -0.05) is 99.6 Å². The molecule has 0 aliphatic rings. The first-order valence-corrected chi connectivity index (χ1v) is 16.1. The molecule has 0 saturated heterocycles. The Morgan fingerprint density at radius 1 is 0.591 bits per heavy atom. The molecule has 2 nitrogen and oxygen atoms in total. The summed E-state index contributed by atoms with van der Waals surface area (Å²) >= 11 is 1.85. The summed E-state index contributed by atoms with van der Waals surface area (Å²) in [4.78, 5) is 10.4. The van der Waals surface area contributed by atoms with Crippen LogP contribution in [0.4, 0.5) is 0 Å². The van der Waals surface area contributed by atoms with Crippen LogP contribution in [0.3, 0.4) is 0 Å². The van der Waals surface area contributed by atoms with E-state index in [1.807, 2.05) is 23.6 Å². The summed E-state index contributed by atoms with van der Waals surface area (Å²) in [5.74, 6) is 0.713. The average molecular weight is 585 g/mol. The third kappa shape index (κ3) is 4.31. The highest BCUT2D eigenvalue weighted by Gasteiger charge is 2.16. The second kappa shape index (κ2) is 10.4. The summed E-state index contributed by atoms with van der Waals surface area (Å²) in [5.41, 5.74) is 8.81. The molecule has 1 unspecified atom stereocenters. The lowest BCUT2D eigenvalue weighted by Crippen LogP contribution is -1.95. The smallest absolute Gasteiger partial charge is 0.0979 e. The molecular weight excluding hydrogens is 553 g/mol. The summed E-state index contributed by atoms with van der Waals surface area (Å²) in [6.45, 7) is 10.7. The van der Waals surface area contributed by atoms with Gasteiger partial charge in [0.05, 0.1) is 22.9 Å². The minimum atomic E-state index is 0.276. The minimum Gasteiger partial charge on any atom is -0.252 e. The van der Waals surface area contributed by atoms with Crippen LogP contribution >= 0.6 is 11.3 Å².